The zero-order chi connectivity index (χ0) is 24.5. The predicted octanol–water partition coefficient (Wildman–Crippen LogP) is 3.55. The Bertz CT molecular complexity index is 936. The fraction of sp³-hybridized carbons (Fsp3) is 0.462. The van der Waals surface area contributed by atoms with Crippen molar-refractivity contribution in [2.45, 2.75) is 59.4 Å². The first kappa shape index (κ1) is 26.8. The fourth-order valence-corrected chi connectivity index (χ4v) is 4.28. The third kappa shape index (κ3) is 6.76. The first-order chi connectivity index (χ1) is 15.8. The molecule has 2 heterocycles. The molecule has 6 nitrogen and oxygen atoms in total. The van der Waals surface area contributed by atoms with Crippen LogP contribution in [0.3, 0.4) is 0 Å². The summed E-state index contributed by atoms with van der Waals surface area (Å²) in [7, 11) is -0.122. The molecule has 0 spiro atoms. The largest absolute Gasteiger partial charge is 0.489 e. The van der Waals surface area contributed by atoms with E-state index >= 15 is 0 Å². The molecular formula is C26H37BN2O4. The number of ether oxygens (including phenoxy) is 1. The van der Waals surface area contributed by atoms with E-state index in [1.54, 1.807) is 12.3 Å². The Morgan fingerprint density at radius 3 is 2.33 bits per heavy atom. The number of pyridine rings is 1. The standard InChI is InChI=1S/C24H31BN2O4.C2H6/c1-16(15-22-17(2)26-12-9-23(22)25(29)30)18(3)27-13-10-20(11-14-27)19-5-7-21(8-6-19)24(28)31-4;1-2/h5-9,12,15,18,20,29-30H,10-11,13-14H2,1-4H3;1-2H3/b16-15+;. The maximum atomic E-state index is 11.6. The van der Waals surface area contributed by atoms with Gasteiger partial charge in [0.1, 0.15) is 0 Å². The highest BCUT2D eigenvalue weighted by molar-refractivity contribution is 6.59. The minimum atomic E-state index is -1.52. The van der Waals surface area contributed by atoms with Crippen molar-refractivity contribution in [3.63, 3.8) is 0 Å². The lowest BCUT2D eigenvalue weighted by molar-refractivity contribution is 0.0600. The summed E-state index contributed by atoms with van der Waals surface area (Å²) in [5.41, 5.74) is 5.05. The first-order valence-corrected chi connectivity index (χ1v) is 11.7. The number of carbonyl (C=O) groups excluding carboxylic acids is 1. The topological polar surface area (TPSA) is 82.9 Å². The van der Waals surface area contributed by atoms with Crippen LogP contribution in [0, 0.1) is 6.92 Å². The number of hydrogen-bond donors (Lipinski definition) is 2. The Morgan fingerprint density at radius 2 is 1.79 bits per heavy atom. The van der Waals surface area contributed by atoms with Crippen LogP contribution in [-0.2, 0) is 4.74 Å². The van der Waals surface area contributed by atoms with Gasteiger partial charge >= 0.3 is 13.1 Å². The highest BCUT2D eigenvalue weighted by atomic mass is 16.5. The first-order valence-electron chi connectivity index (χ1n) is 11.7. The smallest absolute Gasteiger partial charge is 0.465 e. The molecule has 0 amide bonds. The highest BCUT2D eigenvalue weighted by Gasteiger charge is 2.25. The molecule has 1 aliphatic heterocycles. The molecule has 2 aromatic rings. The second-order valence-corrected chi connectivity index (χ2v) is 8.26. The molecule has 0 saturated carbocycles. The molecule has 1 aromatic heterocycles. The molecule has 1 aromatic carbocycles. The Balaban J connectivity index is 0.00000187. The fourth-order valence-electron chi connectivity index (χ4n) is 4.28. The predicted molar refractivity (Wildman–Crippen MR) is 135 cm³/mol. The van der Waals surface area contributed by atoms with E-state index in [2.05, 4.69) is 23.7 Å². The molecule has 1 fully saturated rings. The molecule has 1 unspecified atom stereocenters. The van der Waals surface area contributed by atoms with Gasteiger partial charge in [0.25, 0.3) is 0 Å². The lowest BCUT2D eigenvalue weighted by Crippen LogP contribution is -2.40. The summed E-state index contributed by atoms with van der Waals surface area (Å²) in [6.45, 7) is 12.1. The monoisotopic (exact) mass is 452 g/mol. The number of nitrogens with zero attached hydrogens (tertiary/aromatic N) is 2. The van der Waals surface area contributed by atoms with Crippen LogP contribution in [0.5, 0.6) is 0 Å². The Kier molecular flexibility index (Phi) is 10.3. The average Bonchev–Trinajstić information content (AvgIpc) is 2.85. The third-order valence-corrected chi connectivity index (χ3v) is 6.41. The number of esters is 1. The van der Waals surface area contributed by atoms with E-state index in [4.69, 9.17) is 4.74 Å². The molecule has 0 radical (unpaired) electrons. The van der Waals surface area contributed by atoms with Gasteiger partial charge in [-0.15, -0.1) is 0 Å². The summed E-state index contributed by atoms with van der Waals surface area (Å²) in [6.07, 6.45) is 5.74. The SMILES string of the molecule is CC.COC(=O)c1ccc(C2CCN(C(C)/C(C)=C/c3c(B(O)O)ccnc3C)CC2)cc1. The van der Waals surface area contributed by atoms with Crippen LogP contribution in [-0.4, -0.2) is 59.3 Å². The van der Waals surface area contributed by atoms with Crippen molar-refractivity contribution in [1.82, 2.24) is 9.88 Å². The molecule has 1 atom stereocenters. The minimum absolute atomic E-state index is 0.242. The number of methoxy groups -OCH3 is 1. The molecule has 3 rings (SSSR count). The molecular weight excluding hydrogens is 415 g/mol. The van der Waals surface area contributed by atoms with Crippen LogP contribution >= 0.6 is 0 Å². The number of carbonyl (C=O) groups is 1. The highest BCUT2D eigenvalue weighted by Crippen LogP contribution is 2.30. The van der Waals surface area contributed by atoms with E-state index in [-0.39, 0.29) is 12.0 Å². The summed E-state index contributed by atoms with van der Waals surface area (Å²) < 4.78 is 4.77. The summed E-state index contributed by atoms with van der Waals surface area (Å²) in [4.78, 5) is 18.4. The van der Waals surface area contributed by atoms with E-state index in [1.165, 1.54) is 18.2 Å². The Labute approximate surface area is 198 Å². The molecule has 1 aliphatic rings. The Morgan fingerprint density at radius 1 is 1.18 bits per heavy atom. The molecule has 2 N–H and O–H groups in total. The van der Waals surface area contributed by atoms with E-state index in [9.17, 15) is 14.8 Å². The minimum Gasteiger partial charge on any atom is -0.465 e. The Hall–Kier alpha value is -2.48. The van der Waals surface area contributed by atoms with Crippen LogP contribution in [0.2, 0.25) is 0 Å². The van der Waals surface area contributed by atoms with Gasteiger partial charge in [0.2, 0.25) is 0 Å². The second kappa shape index (κ2) is 12.7. The van der Waals surface area contributed by atoms with Gasteiger partial charge in [0.05, 0.1) is 12.7 Å². The molecule has 0 aliphatic carbocycles. The van der Waals surface area contributed by atoms with Crippen molar-refractivity contribution >= 4 is 24.6 Å². The van der Waals surface area contributed by atoms with Gasteiger partial charge in [-0.3, -0.25) is 9.88 Å². The summed E-state index contributed by atoms with van der Waals surface area (Å²) in [6, 6.07) is 9.64. The summed E-state index contributed by atoms with van der Waals surface area (Å²) in [5, 5.41) is 19.4. The van der Waals surface area contributed by atoms with Crippen LogP contribution in [0.1, 0.15) is 73.6 Å². The van der Waals surface area contributed by atoms with Crippen molar-refractivity contribution in [2.24, 2.45) is 0 Å². The number of benzene rings is 1. The molecule has 7 heteroatoms. The maximum absolute atomic E-state index is 11.6. The van der Waals surface area contributed by atoms with Crippen molar-refractivity contribution in [1.29, 1.82) is 0 Å². The van der Waals surface area contributed by atoms with Gasteiger partial charge in [0.15, 0.2) is 0 Å². The number of likely N-dealkylation sites (tertiary alicyclic amines) is 1. The number of aryl methyl sites for hydroxylation is 1. The lowest BCUT2D eigenvalue weighted by atomic mass is 9.76. The number of hydrogen-bond acceptors (Lipinski definition) is 6. The third-order valence-electron chi connectivity index (χ3n) is 6.41. The molecule has 0 bridgehead atoms. The lowest BCUT2D eigenvalue weighted by Gasteiger charge is -2.37. The zero-order valence-electron chi connectivity index (χ0n) is 20.7. The summed E-state index contributed by atoms with van der Waals surface area (Å²) in [5.74, 6) is 0.175. The quantitative estimate of drug-likeness (QED) is 0.515. The van der Waals surface area contributed by atoms with Crippen molar-refractivity contribution < 1.29 is 19.6 Å². The zero-order valence-corrected chi connectivity index (χ0v) is 20.7. The summed E-state index contributed by atoms with van der Waals surface area (Å²) >= 11 is 0. The van der Waals surface area contributed by atoms with E-state index < -0.39 is 7.12 Å². The van der Waals surface area contributed by atoms with Gasteiger partial charge < -0.3 is 14.8 Å². The van der Waals surface area contributed by atoms with Gasteiger partial charge in [-0.05, 0) is 87.4 Å². The van der Waals surface area contributed by atoms with Crippen molar-refractivity contribution in [3.05, 3.63) is 64.5 Å². The van der Waals surface area contributed by atoms with Crippen LogP contribution in [0.25, 0.3) is 6.08 Å². The van der Waals surface area contributed by atoms with Crippen LogP contribution < -0.4 is 5.46 Å². The van der Waals surface area contributed by atoms with Gasteiger partial charge in [0, 0.05) is 17.9 Å². The molecule has 1 saturated heterocycles. The molecule has 33 heavy (non-hydrogen) atoms. The van der Waals surface area contributed by atoms with Crippen LogP contribution in [0.4, 0.5) is 0 Å². The maximum Gasteiger partial charge on any atom is 0.489 e. The van der Waals surface area contributed by atoms with Crippen LogP contribution in [0.15, 0.2) is 42.1 Å². The second-order valence-electron chi connectivity index (χ2n) is 8.26. The van der Waals surface area contributed by atoms with E-state index in [0.717, 1.165) is 37.2 Å². The van der Waals surface area contributed by atoms with Gasteiger partial charge in [-0.2, -0.15) is 0 Å². The van der Waals surface area contributed by atoms with E-state index in [1.807, 2.05) is 51.1 Å². The molecule has 178 valence electrons. The van der Waals surface area contributed by atoms with Crippen molar-refractivity contribution in [3.8, 4) is 0 Å². The normalized spacial score (nSPS) is 15.9. The van der Waals surface area contributed by atoms with Crippen molar-refractivity contribution in [2.75, 3.05) is 20.2 Å². The van der Waals surface area contributed by atoms with Gasteiger partial charge in [-0.1, -0.05) is 37.6 Å². The number of aromatic nitrogens is 1. The number of piperidine rings is 1. The average molecular weight is 452 g/mol. The van der Waals surface area contributed by atoms with Gasteiger partial charge in [-0.25, -0.2) is 4.79 Å². The number of rotatable bonds is 6. The van der Waals surface area contributed by atoms with E-state index in [0.29, 0.717) is 16.9 Å².